The predicted molar refractivity (Wildman–Crippen MR) is 86.4 cm³/mol. The summed E-state index contributed by atoms with van der Waals surface area (Å²) in [7, 11) is -3.87. The Morgan fingerprint density at radius 1 is 1.16 bits per heavy atom. The Hall–Kier alpha value is -3.09. The van der Waals surface area contributed by atoms with E-state index in [0.717, 1.165) is 24.3 Å². The second-order valence-electron chi connectivity index (χ2n) is 4.86. The molecule has 0 aliphatic heterocycles. The van der Waals surface area contributed by atoms with E-state index >= 15 is 0 Å². The van der Waals surface area contributed by atoms with Crippen molar-refractivity contribution in [1.29, 1.82) is 5.26 Å². The van der Waals surface area contributed by atoms with Gasteiger partial charge in [0.25, 0.3) is 5.91 Å². The highest BCUT2D eigenvalue weighted by Gasteiger charge is 2.13. The van der Waals surface area contributed by atoms with E-state index in [1.54, 1.807) is 6.07 Å². The molecule has 0 radical (unpaired) electrons. The number of hydrogen-bond donors (Lipinski definition) is 2. The fourth-order valence-corrected chi connectivity index (χ4v) is 2.37. The maximum absolute atomic E-state index is 13.6. The second-order valence-corrected chi connectivity index (χ2v) is 6.42. The van der Waals surface area contributed by atoms with Crippen LogP contribution in [0.3, 0.4) is 0 Å². The van der Waals surface area contributed by atoms with Crippen molar-refractivity contribution in [3.63, 3.8) is 0 Å². The first-order chi connectivity index (χ1) is 11.7. The van der Waals surface area contributed by atoms with Crippen LogP contribution >= 0.6 is 0 Å². The monoisotopic (exact) mass is 363 g/mol. The van der Waals surface area contributed by atoms with Crippen LogP contribution in [0.4, 0.5) is 14.5 Å². The maximum Gasteiger partial charge on any atom is 0.266 e. The Kier molecular flexibility index (Phi) is 5.26. The second kappa shape index (κ2) is 7.21. The largest absolute Gasteiger partial charge is 0.321 e. The van der Waals surface area contributed by atoms with Crippen molar-refractivity contribution >= 4 is 27.7 Å². The van der Waals surface area contributed by atoms with Gasteiger partial charge in [-0.15, -0.1) is 0 Å². The molecule has 6 nitrogen and oxygen atoms in total. The Balaban J connectivity index is 2.25. The highest BCUT2D eigenvalue weighted by molar-refractivity contribution is 7.89. The zero-order chi connectivity index (χ0) is 18.6. The summed E-state index contributed by atoms with van der Waals surface area (Å²) in [6, 6.07) is 9.12. The van der Waals surface area contributed by atoms with Crippen molar-refractivity contribution in [1.82, 2.24) is 0 Å². The molecular formula is C16H11F2N3O3S. The Morgan fingerprint density at radius 3 is 2.36 bits per heavy atom. The van der Waals surface area contributed by atoms with Crippen LogP contribution in [-0.4, -0.2) is 14.3 Å². The topological polar surface area (TPSA) is 113 Å². The molecule has 2 aromatic carbocycles. The number of carbonyl (C=O) groups is 1. The van der Waals surface area contributed by atoms with Gasteiger partial charge in [-0.1, -0.05) is 0 Å². The van der Waals surface area contributed by atoms with E-state index in [2.05, 4.69) is 5.32 Å². The fraction of sp³-hybridized carbons (Fsp3) is 0. The van der Waals surface area contributed by atoms with Crippen LogP contribution in [0.15, 0.2) is 52.9 Å². The number of hydrogen-bond acceptors (Lipinski definition) is 4. The van der Waals surface area contributed by atoms with E-state index in [9.17, 15) is 22.0 Å². The number of halogens is 2. The summed E-state index contributed by atoms with van der Waals surface area (Å²) in [6.07, 6.45) is 0.909. The number of nitrogens with one attached hydrogen (secondary N) is 1. The van der Waals surface area contributed by atoms with Crippen molar-refractivity contribution in [2.45, 2.75) is 4.90 Å². The van der Waals surface area contributed by atoms with E-state index in [0.29, 0.717) is 0 Å². The maximum atomic E-state index is 13.6. The van der Waals surface area contributed by atoms with E-state index in [1.807, 2.05) is 0 Å². The molecule has 2 rings (SSSR count). The van der Waals surface area contributed by atoms with Crippen molar-refractivity contribution < 1.29 is 22.0 Å². The van der Waals surface area contributed by atoms with Gasteiger partial charge < -0.3 is 5.32 Å². The van der Waals surface area contributed by atoms with Gasteiger partial charge in [-0.25, -0.2) is 22.3 Å². The molecule has 3 N–H and O–H groups in total. The molecule has 9 heteroatoms. The van der Waals surface area contributed by atoms with Gasteiger partial charge in [-0.2, -0.15) is 5.26 Å². The summed E-state index contributed by atoms with van der Waals surface area (Å²) in [6.45, 7) is 0. The Labute approximate surface area is 142 Å². The van der Waals surface area contributed by atoms with E-state index in [1.165, 1.54) is 24.3 Å². The first-order valence-corrected chi connectivity index (χ1v) is 8.26. The van der Waals surface area contributed by atoms with Gasteiger partial charge in [0, 0.05) is 11.3 Å². The van der Waals surface area contributed by atoms with Crippen LogP contribution in [0.2, 0.25) is 0 Å². The summed E-state index contributed by atoms with van der Waals surface area (Å²) in [5.74, 6) is -2.38. The van der Waals surface area contributed by atoms with Crippen molar-refractivity contribution in [2.75, 3.05) is 5.32 Å². The Morgan fingerprint density at radius 2 is 1.80 bits per heavy atom. The average Bonchev–Trinajstić information content (AvgIpc) is 2.55. The minimum absolute atomic E-state index is 0.150. The Bertz CT molecular complexity index is 994. The van der Waals surface area contributed by atoms with Crippen molar-refractivity contribution in [3.05, 3.63) is 65.2 Å². The van der Waals surface area contributed by atoms with Crippen LogP contribution < -0.4 is 10.5 Å². The van der Waals surface area contributed by atoms with Crippen LogP contribution in [0.5, 0.6) is 0 Å². The number of benzene rings is 2. The zero-order valence-corrected chi connectivity index (χ0v) is 13.3. The summed E-state index contributed by atoms with van der Waals surface area (Å²) in [4.78, 5) is 11.9. The molecule has 0 aromatic heterocycles. The summed E-state index contributed by atoms with van der Waals surface area (Å²) < 4.78 is 49.0. The third kappa shape index (κ3) is 4.69. The van der Waals surface area contributed by atoms with Crippen molar-refractivity contribution in [2.24, 2.45) is 5.14 Å². The molecule has 0 atom stereocenters. The smallest absolute Gasteiger partial charge is 0.266 e. The van der Waals surface area contributed by atoms with E-state index in [4.69, 9.17) is 10.4 Å². The minimum Gasteiger partial charge on any atom is -0.321 e. The number of rotatable bonds is 4. The fourth-order valence-electron chi connectivity index (χ4n) is 1.86. The summed E-state index contributed by atoms with van der Waals surface area (Å²) in [5.41, 5.74) is -0.519. The molecule has 0 fully saturated rings. The van der Waals surface area contributed by atoms with Gasteiger partial charge in [0.1, 0.15) is 23.3 Å². The lowest BCUT2D eigenvalue weighted by molar-refractivity contribution is -0.112. The van der Waals surface area contributed by atoms with Crippen LogP contribution in [0.25, 0.3) is 6.08 Å². The summed E-state index contributed by atoms with van der Waals surface area (Å²) >= 11 is 0. The van der Waals surface area contributed by atoms with E-state index < -0.39 is 33.1 Å². The van der Waals surface area contributed by atoms with Crippen molar-refractivity contribution in [3.8, 4) is 6.07 Å². The molecule has 1 amide bonds. The first-order valence-electron chi connectivity index (χ1n) is 6.72. The molecule has 0 saturated heterocycles. The first kappa shape index (κ1) is 18.3. The van der Waals surface area contributed by atoms with Gasteiger partial charge >= 0.3 is 0 Å². The van der Waals surface area contributed by atoms with Gasteiger partial charge in [-0.3, -0.25) is 4.79 Å². The number of anilines is 1. The molecule has 0 unspecified atom stereocenters. The van der Waals surface area contributed by atoms with Crippen LogP contribution in [-0.2, 0) is 14.8 Å². The lowest BCUT2D eigenvalue weighted by atomic mass is 10.1. The average molecular weight is 363 g/mol. The number of carbonyl (C=O) groups excluding carboxylic acids is 1. The van der Waals surface area contributed by atoms with Gasteiger partial charge in [0.2, 0.25) is 10.0 Å². The molecule has 128 valence electrons. The number of nitrogens with two attached hydrogens (primary N) is 1. The lowest BCUT2D eigenvalue weighted by Gasteiger charge is -2.05. The quantitative estimate of drug-likeness (QED) is 0.640. The SMILES string of the molecule is N#C/C(=C\c1cc(F)ccc1F)C(=O)Nc1ccc(S(N)(=O)=O)cc1. The lowest BCUT2D eigenvalue weighted by Crippen LogP contribution is -2.14. The molecule has 0 bridgehead atoms. The number of amides is 1. The summed E-state index contributed by atoms with van der Waals surface area (Å²) in [5, 5.41) is 16.4. The van der Waals surface area contributed by atoms with Gasteiger partial charge in [0.15, 0.2) is 0 Å². The molecule has 0 heterocycles. The molecule has 25 heavy (non-hydrogen) atoms. The molecule has 0 aliphatic carbocycles. The van der Waals surface area contributed by atoms with Crippen LogP contribution in [0.1, 0.15) is 5.56 Å². The predicted octanol–water partition coefficient (Wildman–Crippen LogP) is 2.16. The standard InChI is InChI=1S/C16H11F2N3O3S/c17-12-1-6-15(18)10(8-12)7-11(9-19)16(22)21-13-2-4-14(5-3-13)25(20,23)24/h1-8H,(H,21,22)(H2,20,23,24)/b11-7+. The third-order valence-electron chi connectivity index (χ3n) is 3.06. The van der Waals surface area contributed by atoms with E-state index in [-0.39, 0.29) is 16.1 Å². The highest BCUT2D eigenvalue weighted by atomic mass is 32.2. The molecule has 0 saturated carbocycles. The number of nitriles is 1. The molecule has 0 aliphatic rings. The number of sulfonamides is 1. The number of nitrogens with zero attached hydrogens (tertiary/aromatic N) is 1. The van der Waals surface area contributed by atoms with Crippen LogP contribution in [0, 0.1) is 23.0 Å². The molecule has 0 spiro atoms. The minimum atomic E-state index is -3.87. The molecular weight excluding hydrogens is 352 g/mol. The normalized spacial score (nSPS) is 11.7. The third-order valence-corrected chi connectivity index (χ3v) is 3.99. The zero-order valence-electron chi connectivity index (χ0n) is 12.5. The molecule has 2 aromatic rings. The number of primary sulfonamides is 1. The van der Waals surface area contributed by atoms with Gasteiger partial charge in [-0.05, 0) is 48.5 Å². The highest BCUT2D eigenvalue weighted by Crippen LogP contribution is 2.16. The van der Waals surface area contributed by atoms with Gasteiger partial charge in [0.05, 0.1) is 4.90 Å².